The summed E-state index contributed by atoms with van der Waals surface area (Å²) >= 11 is -2.74. The van der Waals surface area contributed by atoms with Gasteiger partial charge >= 0.3 is 296 Å². The van der Waals surface area contributed by atoms with Crippen LogP contribution < -0.4 is 24.8 Å². The SMILES string of the molecule is CC1=CC=CC2[CH](/[Zr+2](=[CH]/c3ccc(C)cc3)[C]3=C(C)C(C)=C(C)C3C)C3(C)C4(C)C=CC=CC4(C)C4(C)C=CC=CC4(C)C3(C)C12C.[Cl-].[Cl-]. The van der Waals surface area contributed by atoms with E-state index in [9.17, 15) is 0 Å². The minimum atomic E-state index is -2.74. The van der Waals surface area contributed by atoms with Gasteiger partial charge in [-0.05, 0) is 0 Å². The Morgan fingerprint density at radius 2 is 1.14 bits per heavy atom. The Morgan fingerprint density at radius 1 is 0.633 bits per heavy atom. The van der Waals surface area contributed by atoms with Crippen molar-refractivity contribution in [2.75, 3.05) is 0 Å². The summed E-state index contributed by atoms with van der Waals surface area (Å²) in [5.74, 6) is 0.978. The summed E-state index contributed by atoms with van der Waals surface area (Å²) in [6.07, 6.45) is 27.8. The molecular formula is C46H58Cl2Zr. The average Bonchev–Trinajstić information content (AvgIpc) is 3.33. The number of hydrogen-bond acceptors (Lipinski definition) is 0. The Balaban J connectivity index is 0.00000234. The summed E-state index contributed by atoms with van der Waals surface area (Å²) in [5, 5.41) is 0. The number of halogens is 2. The van der Waals surface area contributed by atoms with Gasteiger partial charge in [0, 0.05) is 0 Å². The molecule has 3 heteroatoms. The van der Waals surface area contributed by atoms with Crippen LogP contribution in [0.4, 0.5) is 0 Å². The van der Waals surface area contributed by atoms with Crippen molar-refractivity contribution in [1.29, 1.82) is 0 Å². The van der Waals surface area contributed by atoms with Crippen molar-refractivity contribution in [3.8, 4) is 0 Å². The number of benzene rings is 1. The fraction of sp³-hybridized carbons (Fsp3) is 0.500. The van der Waals surface area contributed by atoms with E-state index in [0.717, 1.165) is 0 Å². The Hall–Kier alpha value is -1.53. The number of allylic oxidation sites excluding steroid dienone is 16. The van der Waals surface area contributed by atoms with Crippen molar-refractivity contribution in [3.63, 3.8) is 0 Å². The number of aryl methyl sites for hydroxylation is 1. The van der Waals surface area contributed by atoms with Gasteiger partial charge in [0.2, 0.25) is 0 Å². The molecule has 0 bridgehead atoms. The van der Waals surface area contributed by atoms with E-state index in [1.807, 2.05) is 3.28 Å². The number of rotatable bonds is 3. The molecule has 49 heavy (non-hydrogen) atoms. The molecule has 0 saturated heterocycles. The minimum Gasteiger partial charge on any atom is -1.00 e. The van der Waals surface area contributed by atoms with Crippen LogP contribution in [0, 0.1) is 56.7 Å². The van der Waals surface area contributed by atoms with Gasteiger partial charge in [-0.1, -0.05) is 0 Å². The van der Waals surface area contributed by atoms with Crippen LogP contribution in [0.25, 0.3) is 0 Å². The predicted octanol–water partition coefficient (Wildman–Crippen LogP) is 6.28. The monoisotopic (exact) mass is 770 g/mol. The largest absolute Gasteiger partial charge is 1.00 e. The second kappa shape index (κ2) is 12.0. The maximum absolute atomic E-state index is 2.91. The first-order valence-electron chi connectivity index (χ1n) is 18.2. The molecule has 0 aliphatic heterocycles. The zero-order chi connectivity index (χ0) is 34.2. The van der Waals surface area contributed by atoms with Gasteiger partial charge < -0.3 is 24.8 Å². The molecule has 2 saturated carbocycles. The van der Waals surface area contributed by atoms with Crippen LogP contribution in [0.15, 0.2) is 117 Å². The minimum absolute atomic E-state index is 0. The molecule has 10 unspecified atom stereocenters. The van der Waals surface area contributed by atoms with Crippen LogP contribution in [0.3, 0.4) is 0 Å². The summed E-state index contributed by atoms with van der Waals surface area (Å²) < 4.78 is 5.32. The van der Waals surface area contributed by atoms with Crippen molar-refractivity contribution >= 4 is 3.71 Å². The zero-order valence-corrected chi connectivity index (χ0v) is 36.2. The summed E-state index contributed by atoms with van der Waals surface area (Å²) in [5.41, 5.74) is 8.73. The maximum Gasteiger partial charge on any atom is -1.00 e. The molecule has 10 atom stereocenters. The molecule has 0 nitrogen and oxygen atoms in total. The van der Waals surface area contributed by atoms with Gasteiger partial charge in [0.1, 0.15) is 0 Å². The molecule has 2 fully saturated rings. The van der Waals surface area contributed by atoms with Crippen molar-refractivity contribution in [3.05, 3.63) is 128 Å². The van der Waals surface area contributed by atoms with E-state index in [0.29, 0.717) is 15.5 Å². The van der Waals surface area contributed by atoms with E-state index < -0.39 is 21.3 Å². The van der Waals surface area contributed by atoms with Gasteiger partial charge in [-0.2, -0.15) is 0 Å². The van der Waals surface area contributed by atoms with Crippen molar-refractivity contribution in [1.82, 2.24) is 0 Å². The molecule has 0 amide bonds. The Bertz CT molecular complexity index is 1860. The van der Waals surface area contributed by atoms with Gasteiger partial charge in [-0.15, -0.1) is 0 Å². The standard InChI is InChI=1S/C29H37.C9H13.C8H8.2ClH.Zr/c1-21-14-13-15-22-20-27(6)25(4)18-10-9-16-23(25,2)24(3)17-11-12-19-26(24,5)29(27,8)28(21,22)7;1-6-5-7(2)9(4)8(6)3;1-7-3-5-8(2)6-4-7;;;/h9-20,22H,1-8H3;6H,1-4H3;1,3-6H,2H3;2*1H;/q;;;;;+2/p-2. The Labute approximate surface area is 318 Å². The third-order valence-electron chi connectivity index (χ3n) is 17.2. The fourth-order valence-electron chi connectivity index (χ4n) is 13.3. The van der Waals surface area contributed by atoms with Gasteiger partial charge in [-0.3, -0.25) is 0 Å². The summed E-state index contributed by atoms with van der Waals surface area (Å²) in [7, 11) is 0. The fourth-order valence-corrected chi connectivity index (χ4v) is 24.6. The van der Waals surface area contributed by atoms with Gasteiger partial charge in [-0.25, -0.2) is 0 Å². The molecule has 6 aliphatic rings. The third-order valence-corrected chi connectivity index (χ3v) is 26.2. The predicted molar refractivity (Wildman–Crippen MR) is 200 cm³/mol. The first kappa shape index (κ1) is 38.7. The van der Waals surface area contributed by atoms with Crippen molar-refractivity contribution < 1.29 is 46.1 Å². The second-order valence-electron chi connectivity index (χ2n) is 17.6. The first-order valence-corrected chi connectivity index (χ1v) is 22.3. The average molecular weight is 773 g/mol. The molecule has 6 aliphatic carbocycles. The van der Waals surface area contributed by atoms with E-state index in [-0.39, 0.29) is 62.7 Å². The van der Waals surface area contributed by atoms with E-state index in [2.05, 4.69) is 185 Å². The first-order chi connectivity index (χ1) is 21.9. The molecule has 0 aromatic heterocycles. The van der Waals surface area contributed by atoms with Crippen LogP contribution in [0.2, 0.25) is 3.63 Å². The molecule has 260 valence electrons. The summed E-state index contributed by atoms with van der Waals surface area (Å²) in [4.78, 5) is 0. The van der Waals surface area contributed by atoms with E-state index >= 15 is 0 Å². The van der Waals surface area contributed by atoms with Crippen LogP contribution in [-0.4, -0.2) is 3.71 Å². The zero-order valence-electron chi connectivity index (χ0n) is 32.2. The smallest absolute Gasteiger partial charge is 1.00 e. The van der Waals surface area contributed by atoms with E-state index in [1.54, 1.807) is 22.3 Å². The topological polar surface area (TPSA) is 0 Å². The molecular weight excluding hydrogens is 715 g/mol. The maximum atomic E-state index is 2.91. The van der Waals surface area contributed by atoms with Gasteiger partial charge in [0.15, 0.2) is 0 Å². The van der Waals surface area contributed by atoms with Crippen LogP contribution in [0.5, 0.6) is 0 Å². The summed E-state index contributed by atoms with van der Waals surface area (Å²) in [6.45, 7) is 33.4. The van der Waals surface area contributed by atoms with Gasteiger partial charge in [0.05, 0.1) is 0 Å². The second-order valence-corrected chi connectivity index (χ2v) is 23.4. The molecule has 0 N–H and O–H groups in total. The number of hydrogen-bond donors (Lipinski definition) is 0. The molecule has 0 heterocycles. The molecule has 0 spiro atoms. The normalized spacial score (nSPS) is 44.2. The van der Waals surface area contributed by atoms with Crippen LogP contribution in [-0.2, 0) is 21.3 Å². The van der Waals surface area contributed by atoms with Crippen molar-refractivity contribution in [2.45, 2.75) is 93.6 Å². The quantitative estimate of drug-likeness (QED) is 0.340. The van der Waals surface area contributed by atoms with E-state index in [1.165, 1.54) is 11.1 Å². The third kappa shape index (κ3) is 4.11. The van der Waals surface area contributed by atoms with Crippen LogP contribution >= 0.6 is 0 Å². The van der Waals surface area contributed by atoms with Crippen LogP contribution in [0.1, 0.15) is 94.2 Å². The van der Waals surface area contributed by atoms with E-state index in [4.69, 9.17) is 0 Å². The Kier molecular flexibility index (Phi) is 9.48. The molecule has 7 rings (SSSR count). The molecule has 0 radical (unpaired) electrons. The van der Waals surface area contributed by atoms with Gasteiger partial charge in [0.25, 0.3) is 0 Å². The molecule has 1 aromatic rings. The Morgan fingerprint density at radius 3 is 1.67 bits per heavy atom. The molecule has 1 aromatic carbocycles. The summed E-state index contributed by atoms with van der Waals surface area (Å²) in [6, 6.07) is 9.49. The number of fused-ring (bicyclic) bond motifs is 8. The van der Waals surface area contributed by atoms with Crippen molar-refractivity contribution in [2.24, 2.45) is 49.7 Å².